The van der Waals surface area contributed by atoms with E-state index < -0.39 is 0 Å². The first-order valence-corrected chi connectivity index (χ1v) is 8.08. The third-order valence-corrected chi connectivity index (χ3v) is 4.40. The number of piperidine rings is 1. The van der Waals surface area contributed by atoms with E-state index in [0.717, 1.165) is 36.8 Å². The van der Waals surface area contributed by atoms with E-state index in [4.69, 9.17) is 5.73 Å². The number of amides is 1. The Bertz CT molecular complexity index is 631. The molecule has 0 bridgehead atoms. The topological polar surface area (TPSA) is 97.0 Å². The Kier molecular flexibility index (Phi) is 4.59. The van der Waals surface area contributed by atoms with Crippen LogP contribution in [0.4, 0.5) is 10.9 Å². The van der Waals surface area contributed by atoms with Crippen LogP contribution in [0.3, 0.4) is 0 Å². The van der Waals surface area contributed by atoms with Crippen LogP contribution in [-0.2, 0) is 4.79 Å². The summed E-state index contributed by atoms with van der Waals surface area (Å²) in [4.78, 5) is 26.0. The van der Waals surface area contributed by atoms with Gasteiger partial charge in [0.1, 0.15) is 0 Å². The van der Waals surface area contributed by atoms with E-state index in [1.807, 2.05) is 0 Å². The predicted octanol–water partition coefficient (Wildman–Crippen LogP) is 1.34. The highest BCUT2D eigenvalue weighted by Crippen LogP contribution is 2.30. The monoisotopic (exact) mass is 318 g/mol. The van der Waals surface area contributed by atoms with Crippen LogP contribution in [0.2, 0.25) is 0 Å². The van der Waals surface area contributed by atoms with Gasteiger partial charge in [-0.25, -0.2) is 9.97 Å². The van der Waals surface area contributed by atoms with E-state index in [1.165, 1.54) is 0 Å². The zero-order valence-electron chi connectivity index (χ0n) is 12.1. The Balaban J connectivity index is 1.64. The molecule has 8 heteroatoms. The van der Waals surface area contributed by atoms with Crippen molar-refractivity contribution in [1.29, 1.82) is 0 Å². The summed E-state index contributed by atoms with van der Waals surface area (Å²) in [6.45, 7) is 2.08. The predicted molar refractivity (Wildman–Crippen MR) is 85.0 cm³/mol. The number of hydrogen-bond donors (Lipinski definition) is 2. The molecule has 3 rings (SSSR count). The van der Waals surface area contributed by atoms with Crippen LogP contribution in [0.25, 0.3) is 0 Å². The molecule has 0 aliphatic carbocycles. The molecule has 22 heavy (non-hydrogen) atoms. The van der Waals surface area contributed by atoms with Crippen LogP contribution in [0.5, 0.6) is 0 Å². The lowest BCUT2D eigenvalue weighted by Gasteiger charge is -2.30. The minimum Gasteiger partial charge on any atom is -0.369 e. The van der Waals surface area contributed by atoms with Crippen molar-refractivity contribution in [3.05, 3.63) is 29.7 Å². The van der Waals surface area contributed by atoms with Gasteiger partial charge >= 0.3 is 0 Å². The molecule has 1 saturated heterocycles. The van der Waals surface area contributed by atoms with Crippen LogP contribution in [0.1, 0.15) is 24.5 Å². The second-order valence-corrected chi connectivity index (χ2v) is 6.19. The molecule has 2 aromatic heterocycles. The van der Waals surface area contributed by atoms with Crippen LogP contribution >= 0.6 is 11.3 Å². The molecule has 3 N–H and O–H groups in total. The number of rotatable bonds is 5. The van der Waals surface area contributed by atoms with Gasteiger partial charge in [0.25, 0.3) is 0 Å². The number of nitrogens with one attached hydrogen (secondary N) is 1. The summed E-state index contributed by atoms with van der Waals surface area (Å²) in [5.41, 5.74) is 6.34. The molecule has 0 aromatic carbocycles. The molecule has 1 atom stereocenters. The fraction of sp³-hybridized carbons (Fsp3) is 0.429. The van der Waals surface area contributed by atoms with Crippen molar-refractivity contribution in [2.45, 2.75) is 18.8 Å². The van der Waals surface area contributed by atoms with Gasteiger partial charge in [-0.3, -0.25) is 14.7 Å². The molecular weight excluding hydrogens is 300 g/mol. The number of hydrogen-bond acceptors (Lipinski definition) is 7. The maximum Gasteiger partial charge on any atom is 0.231 e. The summed E-state index contributed by atoms with van der Waals surface area (Å²) in [7, 11) is 0. The van der Waals surface area contributed by atoms with E-state index in [2.05, 4.69) is 30.5 Å². The SMILES string of the molecule is NC(=O)CN1CCCC(c2csc(Nc3cnccn3)n2)C1. The summed E-state index contributed by atoms with van der Waals surface area (Å²) in [6, 6.07) is 0. The molecule has 0 radical (unpaired) electrons. The number of thiazole rings is 1. The van der Waals surface area contributed by atoms with Crippen LogP contribution in [0, 0.1) is 0 Å². The maximum atomic E-state index is 11.1. The lowest BCUT2D eigenvalue weighted by atomic mass is 9.95. The van der Waals surface area contributed by atoms with Gasteiger partial charge in [0.2, 0.25) is 5.91 Å². The minimum atomic E-state index is -0.274. The Hall–Kier alpha value is -2.06. The van der Waals surface area contributed by atoms with E-state index in [1.54, 1.807) is 29.9 Å². The third kappa shape index (κ3) is 3.77. The third-order valence-electron chi connectivity index (χ3n) is 3.62. The molecule has 1 fully saturated rings. The molecule has 1 amide bonds. The standard InChI is InChI=1S/C14H18N6OS/c15-12(21)8-20-5-1-2-10(7-20)11-9-22-14(18-11)19-13-6-16-3-4-17-13/h3-4,6,9-10H,1-2,5,7-8H2,(H2,15,21)(H,17,18,19). The average molecular weight is 318 g/mol. The lowest BCUT2D eigenvalue weighted by molar-refractivity contribution is -0.119. The number of nitrogens with two attached hydrogens (primary N) is 1. The number of carbonyl (C=O) groups is 1. The largest absolute Gasteiger partial charge is 0.369 e. The molecule has 0 saturated carbocycles. The highest BCUT2D eigenvalue weighted by atomic mass is 32.1. The van der Waals surface area contributed by atoms with E-state index in [0.29, 0.717) is 18.3 Å². The molecule has 116 valence electrons. The van der Waals surface area contributed by atoms with Crippen LogP contribution in [0.15, 0.2) is 24.0 Å². The highest BCUT2D eigenvalue weighted by Gasteiger charge is 2.24. The van der Waals surface area contributed by atoms with Crippen molar-refractivity contribution in [3.8, 4) is 0 Å². The van der Waals surface area contributed by atoms with Crippen molar-refractivity contribution >= 4 is 28.2 Å². The molecule has 2 aromatic rings. The Morgan fingerprint density at radius 1 is 1.50 bits per heavy atom. The summed E-state index contributed by atoms with van der Waals surface area (Å²) < 4.78 is 0. The van der Waals surface area contributed by atoms with Crippen molar-refractivity contribution in [2.75, 3.05) is 25.0 Å². The van der Waals surface area contributed by atoms with Gasteiger partial charge in [-0.1, -0.05) is 0 Å². The minimum absolute atomic E-state index is 0.274. The molecule has 7 nitrogen and oxygen atoms in total. The first kappa shape index (κ1) is 14.9. The van der Waals surface area contributed by atoms with Crippen LogP contribution < -0.4 is 11.1 Å². The number of nitrogens with zero attached hydrogens (tertiary/aromatic N) is 4. The van der Waals surface area contributed by atoms with Crippen molar-refractivity contribution in [2.24, 2.45) is 5.73 Å². The fourth-order valence-electron chi connectivity index (χ4n) is 2.67. The Morgan fingerprint density at radius 3 is 3.18 bits per heavy atom. The fourth-order valence-corrected chi connectivity index (χ4v) is 3.46. The Morgan fingerprint density at radius 2 is 2.41 bits per heavy atom. The number of likely N-dealkylation sites (tertiary alicyclic amines) is 1. The zero-order valence-corrected chi connectivity index (χ0v) is 12.9. The number of carbonyl (C=O) groups excluding carboxylic acids is 1. The summed E-state index contributed by atoms with van der Waals surface area (Å²) in [5.74, 6) is 0.757. The quantitative estimate of drug-likeness (QED) is 0.863. The number of primary amides is 1. The molecular formula is C14H18N6OS. The van der Waals surface area contributed by atoms with Gasteiger partial charge < -0.3 is 11.1 Å². The Labute approximate surface area is 132 Å². The molecule has 3 heterocycles. The van der Waals surface area contributed by atoms with Crippen molar-refractivity contribution in [1.82, 2.24) is 19.9 Å². The van der Waals surface area contributed by atoms with Crippen molar-refractivity contribution < 1.29 is 4.79 Å². The second kappa shape index (κ2) is 6.80. The lowest BCUT2D eigenvalue weighted by Crippen LogP contribution is -2.40. The first-order valence-electron chi connectivity index (χ1n) is 7.20. The molecule has 1 aliphatic rings. The molecule has 1 aliphatic heterocycles. The van der Waals surface area contributed by atoms with Crippen molar-refractivity contribution in [3.63, 3.8) is 0 Å². The average Bonchev–Trinajstić information content (AvgIpc) is 2.96. The molecule has 1 unspecified atom stereocenters. The highest BCUT2D eigenvalue weighted by molar-refractivity contribution is 7.13. The summed E-state index contributed by atoms with van der Waals surface area (Å²) in [6.07, 6.45) is 7.08. The zero-order chi connectivity index (χ0) is 15.4. The van der Waals surface area contributed by atoms with Gasteiger partial charge in [0.05, 0.1) is 18.4 Å². The van der Waals surface area contributed by atoms with E-state index in [9.17, 15) is 4.79 Å². The summed E-state index contributed by atoms with van der Waals surface area (Å²) in [5, 5.41) is 6.03. The van der Waals surface area contributed by atoms with Crippen LogP contribution in [-0.4, -0.2) is 45.4 Å². The normalized spacial score (nSPS) is 19.0. The van der Waals surface area contributed by atoms with Gasteiger partial charge in [-0.05, 0) is 19.4 Å². The molecule has 0 spiro atoms. The second-order valence-electron chi connectivity index (χ2n) is 5.33. The smallest absolute Gasteiger partial charge is 0.231 e. The maximum absolute atomic E-state index is 11.1. The number of anilines is 2. The first-order chi connectivity index (χ1) is 10.7. The van der Waals surface area contributed by atoms with Gasteiger partial charge in [0.15, 0.2) is 10.9 Å². The van der Waals surface area contributed by atoms with Gasteiger partial charge in [-0.2, -0.15) is 0 Å². The van der Waals surface area contributed by atoms with Gasteiger partial charge in [0, 0.05) is 30.2 Å². The van der Waals surface area contributed by atoms with E-state index >= 15 is 0 Å². The van der Waals surface area contributed by atoms with E-state index in [-0.39, 0.29) is 5.91 Å². The summed E-state index contributed by atoms with van der Waals surface area (Å²) >= 11 is 1.55. The number of aromatic nitrogens is 3. The van der Waals surface area contributed by atoms with Gasteiger partial charge in [-0.15, -0.1) is 11.3 Å².